The van der Waals surface area contributed by atoms with Crippen molar-refractivity contribution in [2.45, 2.75) is 54.6 Å². The van der Waals surface area contributed by atoms with Crippen molar-refractivity contribution >= 4 is 64.1 Å². The van der Waals surface area contributed by atoms with E-state index in [-0.39, 0.29) is 42.3 Å². The topological polar surface area (TPSA) is 70.4 Å². The Labute approximate surface area is 186 Å². The summed E-state index contributed by atoms with van der Waals surface area (Å²) < 4.78 is 0. The van der Waals surface area contributed by atoms with Gasteiger partial charge >= 0.3 is 26.2 Å². The van der Waals surface area contributed by atoms with Crippen molar-refractivity contribution in [2.75, 3.05) is 13.1 Å². The first-order valence-electron chi connectivity index (χ1n) is 8.12. The molecule has 25 heavy (non-hydrogen) atoms. The maximum Gasteiger partial charge on any atom is 3.00 e. The van der Waals surface area contributed by atoms with Gasteiger partial charge in [0, 0.05) is 19.3 Å². The second-order valence-electron chi connectivity index (χ2n) is 5.72. The zero-order chi connectivity index (χ0) is 17.9. The molecule has 0 amide bonds. The first-order chi connectivity index (χ1) is 11.4. The average Bonchev–Trinajstić information content (AvgIpc) is 2.57. The van der Waals surface area contributed by atoms with E-state index in [2.05, 4.69) is 0 Å². The number of piperidine rings is 2. The Morgan fingerprint density at radius 1 is 0.760 bits per heavy atom. The van der Waals surface area contributed by atoms with Gasteiger partial charge in [-0.1, -0.05) is 48.6 Å². The quantitative estimate of drug-likeness (QED) is 0.285. The molecule has 3 N–H and O–H groups in total. The molecule has 0 saturated carbocycles. The van der Waals surface area contributed by atoms with Crippen LogP contribution in [0.3, 0.4) is 0 Å². The third-order valence-corrected chi connectivity index (χ3v) is 5.06. The van der Waals surface area contributed by atoms with Gasteiger partial charge in [-0.2, -0.15) is 0 Å². The van der Waals surface area contributed by atoms with Crippen LogP contribution in [-0.2, 0) is 37.9 Å². The minimum Gasteiger partial charge on any atom is -0.772 e. The van der Waals surface area contributed by atoms with Gasteiger partial charge in [0.15, 0.2) is 0 Å². The van der Waals surface area contributed by atoms with E-state index in [1.807, 2.05) is 6.08 Å². The molecule has 3 aliphatic heterocycles. The van der Waals surface area contributed by atoms with Gasteiger partial charge in [-0.3, -0.25) is 10.3 Å². The van der Waals surface area contributed by atoms with Crippen LogP contribution in [0.1, 0.15) is 38.5 Å². The first-order valence-corrected chi connectivity index (χ1v) is 9.54. The van der Waals surface area contributed by atoms with Gasteiger partial charge in [-0.25, -0.2) is 10.1 Å². The van der Waals surface area contributed by atoms with Crippen molar-refractivity contribution in [1.29, 1.82) is 0 Å². The van der Waals surface area contributed by atoms with Gasteiger partial charge in [0.25, 0.3) is 0 Å². The van der Waals surface area contributed by atoms with Crippen LogP contribution >= 0.6 is 0 Å². The largest absolute Gasteiger partial charge is 3.00 e. The molecule has 0 aliphatic carbocycles. The molecule has 3 rings (SSSR count). The van der Waals surface area contributed by atoms with E-state index in [9.17, 15) is 0 Å². The molecule has 2 radical (unpaired) electrons. The number of rotatable bonds is 0. The molecular weight excluding hydrogens is 575 g/mol. The third-order valence-electron chi connectivity index (χ3n) is 3.73. The van der Waals surface area contributed by atoms with E-state index in [1.165, 1.54) is 29.2 Å². The van der Waals surface area contributed by atoms with Gasteiger partial charge in [-0.15, -0.1) is 0 Å². The number of hydrogen-bond acceptors (Lipinski definition) is 9. The van der Waals surface area contributed by atoms with Gasteiger partial charge in [-0.05, 0) is 24.3 Å². The maximum absolute atomic E-state index is 8.91. The number of nitrogens with zero attached hydrogens (tertiary/aromatic N) is 3. The van der Waals surface area contributed by atoms with E-state index < -0.39 is 0 Å². The second-order valence-corrected chi connectivity index (χ2v) is 7.30. The summed E-state index contributed by atoms with van der Waals surface area (Å²) >= 11 is 14.5. The minimum atomic E-state index is -0.292. The monoisotopic (exact) mass is 601 g/mol. The molecule has 0 aromatic carbocycles. The second kappa shape index (κ2) is 15.0. The summed E-state index contributed by atoms with van der Waals surface area (Å²) in [7, 11) is 0. The van der Waals surface area contributed by atoms with E-state index in [0.29, 0.717) is 0 Å². The summed E-state index contributed by atoms with van der Waals surface area (Å²) in [6, 6.07) is 0. The van der Waals surface area contributed by atoms with Gasteiger partial charge in [0.05, 0.1) is 0 Å². The van der Waals surface area contributed by atoms with E-state index in [4.69, 9.17) is 53.5 Å². The fourth-order valence-corrected chi connectivity index (χ4v) is 2.95. The summed E-state index contributed by atoms with van der Waals surface area (Å²) in [6.45, 7) is 1.52. The summed E-state index contributed by atoms with van der Waals surface area (Å²) in [4.78, 5) is 0. The Hall–Kier alpha value is 1.01. The van der Waals surface area contributed by atoms with Crippen LogP contribution in [-0.4, -0.2) is 86.2 Å². The van der Waals surface area contributed by atoms with Gasteiger partial charge in [0.1, 0.15) is 0 Å². The van der Waals surface area contributed by atoms with E-state index in [1.54, 1.807) is 12.2 Å². The van der Waals surface area contributed by atoms with Crippen LogP contribution < -0.4 is 0 Å². The molecule has 3 unspecified atom stereocenters. The number of hydrogen-bond donors (Lipinski definition) is 3. The Morgan fingerprint density at radius 2 is 1.24 bits per heavy atom. The van der Waals surface area contributed by atoms with Crippen molar-refractivity contribution in [3.8, 4) is 0 Å². The van der Waals surface area contributed by atoms with Gasteiger partial charge < -0.3 is 48.3 Å². The Bertz CT molecular complexity index is 351. The van der Waals surface area contributed by atoms with Crippen molar-refractivity contribution in [3.63, 3.8) is 0 Å². The predicted molar refractivity (Wildman–Crippen MR) is 106 cm³/mol. The molecule has 3 aliphatic rings. The molecule has 2 fully saturated rings. The standard InChI is InChI=1S/2C5H11NOS.C5H7NOS.Bi/c3*7-6-4-2-1-3-5(6)8;/h2*5,7-8H,1-4H2;1-5,7-8H;/q;;;+3/p-3. The normalized spacial score (nSPS) is 29.7. The third kappa shape index (κ3) is 11.5. The summed E-state index contributed by atoms with van der Waals surface area (Å²) in [5.74, 6) is 0. The summed E-state index contributed by atoms with van der Waals surface area (Å²) in [6.07, 6.45) is 13.2. The maximum atomic E-state index is 8.91. The van der Waals surface area contributed by atoms with Gasteiger partial charge in [0.2, 0.25) is 0 Å². The molecule has 0 aromatic heterocycles. The van der Waals surface area contributed by atoms with E-state index in [0.717, 1.165) is 43.8 Å². The molecule has 0 bridgehead atoms. The zero-order valence-electron chi connectivity index (χ0n) is 14.1. The SMILES string of the molecule is ON1C=CC=CC1[S-].ON1CCCCC1[S-].ON1CCCCC1[S-].[Bi+3]. The smallest absolute Gasteiger partial charge is 0.772 e. The van der Waals surface area contributed by atoms with Crippen LogP contribution in [0.2, 0.25) is 0 Å². The molecule has 6 nitrogen and oxygen atoms in total. The van der Waals surface area contributed by atoms with Crippen LogP contribution in [0.15, 0.2) is 24.4 Å². The summed E-state index contributed by atoms with van der Waals surface area (Å²) in [5.41, 5.74) is 0. The molecule has 3 heterocycles. The average molecular weight is 602 g/mol. The minimum absolute atomic E-state index is 0. The predicted octanol–water partition coefficient (Wildman–Crippen LogP) is 1.72. The number of hydroxylamine groups is 6. The Balaban J connectivity index is 0.000000339. The molecular formula is C15H26BiN3O3S3. The van der Waals surface area contributed by atoms with E-state index >= 15 is 0 Å². The van der Waals surface area contributed by atoms with Crippen molar-refractivity contribution in [1.82, 2.24) is 15.2 Å². The molecule has 2 saturated heterocycles. The molecule has 0 aromatic rings. The fourth-order valence-electron chi connectivity index (χ4n) is 2.24. The Morgan fingerprint density at radius 3 is 1.48 bits per heavy atom. The fraction of sp³-hybridized carbons (Fsp3) is 0.733. The molecule has 142 valence electrons. The van der Waals surface area contributed by atoms with Crippen molar-refractivity contribution in [2.24, 2.45) is 0 Å². The summed E-state index contributed by atoms with van der Waals surface area (Å²) in [5, 5.41) is 29.7. The van der Waals surface area contributed by atoms with Crippen molar-refractivity contribution < 1.29 is 15.6 Å². The molecule has 10 heteroatoms. The Kier molecular flexibility index (Phi) is 15.6. The molecule has 0 spiro atoms. The molecule has 3 atom stereocenters. The van der Waals surface area contributed by atoms with Crippen LogP contribution in [0, 0.1) is 0 Å². The van der Waals surface area contributed by atoms with Crippen LogP contribution in [0.25, 0.3) is 0 Å². The van der Waals surface area contributed by atoms with Crippen molar-refractivity contribution in [3.05, 3.63) is 24.4 Å². The zero-order valence-corrected chi connectivity index (χ0v) is 20.0. The van der Waals surface area contributed by atoms with Crippen LogP contribution in [0.5, 0.6) is 0 Å². The van der Waals surface area contributed by atoms with Crippen LogP contribution in [0.4, 0.5) is 0 Å². The first kappa shape index (κ1) is 26.0. The number of allylic oxidation sites excluding steroid dienone is 2.